The average molecular weight is 258 g/mol. The fraction of sp³-hybridized carbons (Fsp3) is 0.818. The first-order chi connectivity index (χ1) is 8.61. The largest absolute Gasteiger partial charge is 0.356 e. The summed E-state index contributed by atoms with van der Waals surface area (Å²) in [6.07, 6.45) is 2.43. The summed E-state index contributed by atoms with van der Waals surface area (Å²) < 4.78 is 0. The van der Waals surface area contributed by atoms with Gasteiger partial charge in [-0.15, -0.1) is 0 Å². The quantitative estimate of drug-likeness (QED) is 0.424. The number of piperidine rings is 1. The molecular formula is C11H22N4O3. The van der Waals surface area contributed by atoms with Crippen LogP contribution in [0, 0.1) is 5.92 Å². The zero-order valence-corrected chi connectivity index (χ0v) is 10.8. The Hall–Kier alpha value is -1.18. The Kier molecular flexibility index (Phi) is 6.63. The number of nitrogens with two attached hydrogens (primary N) is 1. The highest BCUT2D eigenvalue weighted by Gasteiger charge is 2.19. The first kappa shape index (κ1) is 14.9. The maximum Gasteiger partial charge on any atom is 0.327 e. The molecule has 104 valence electrons. The summed E-state index contributed by atoms with van der Waals surface area (Å²) in [5, 5.41) is 2.84. The van der Waals surface area contributed by atoms with Crippen LogP contribution in [0.2, 0.25) is 0 Å². The molecule has 1 aliphatic heterocycles. The smallest absolute Gasteiger partial charge is 0.327 e. The summed E-state index contributed by atoms with van der Waals surface area (Å²) in [6, 6.07) is 0. The Balaban J connectivity index is 2.11. The molecule has 0 saturated carbocycles. The number of hydrogen-bond donors (Lipinski definition) is 3. The van der Waals surface area contributed by atoms with Crippen LogP contribution >= 0.6 is 0 Å². The van der Waals surface area contributed by atoms with E-state index in [0.717, 1.165) is 32.5 Å². The van der Waals surface area contributed by atoms with E-state index in [9.17, 15) is 9.59 Å². The van der Waals surface area contributed by atoms with Crippen molar-refractivity contribution in [2.24, 2.45) is 11.8 Å². The second-order valence-electron chi connectivity index (χ2n) is 4.56. The predicted octanol–water partition coefficient (Wildman–Crippen LogP) is -0.854. The van der Waals surface area contributed by atoms with Gasteiger partial charge < -0.3 is 15.1 Å². The molecule has 1 amide bonds. The summed E-state index contributed by atoms with van der Waals surface area (Å²) in [5.74, 6) is 5.09. The molecule has 0 aromatic rings. The number of rotatable bonds is 6. The Labute approximate surface area is 107 Å². The Bertz CT molecular complexity index is 277. The molecule has 1 saturated heterocycles. The van der Waals surface area contributed by atoms with Crippen LogP contribution in [-0.4, -0.2) is 43.0 Å². The Morgan fingerprint density at radius 3 is 2.61 bits per heavy atom. The van der Waals surface area contributed by atoms with Gasteiger partial charge in [0.15, 0.2) is 0 Å². The first-order valence-electron chi connectivity index (χ1n) is 6.24. The van der Waals surface area contributed by atoms with Crippen LogP contribution in [-0.2, 0) is 14.4 Å². The van der Waals surface area contributed by atoms with Crippen molar-refractivity contribution in [1.29, 1.82) is 0 Å². The molecule has 0 aliphatic carbocycles. The van der Waals surface area contributed by atoms with Gasteiger partial charge >= 0.3 is 5.97 Å². The monoisotopic (exact) mass is 258 g/mol. The summed E-state index contributed by atoms with van der Waals surface area (Å²) in [5.41, 5.74) is 1.88. The molecule has 1 fully saturated rings. The van der Waals surface area contributed by atoms with Crippen molar-refractivity contribution in [3.63, 3.8) is 0 Å². The third kappa shape index (κ3) is 5.95. The zero-order valence-electron chi connectivity index (χ0n) is 10.8. The number of amides is 1. The summed E-state index contributed by atoms with van der Waals surface area (Å²) in [6.45, 7) is 4.88. The standard InChI is InChI=1S/C11H22N4O3/c1-9(16)13-8-10-2-5-15(6-3-10)7-4-11(17)18-14-12/h10,14H,2-8,12H2,1H3,(H,13,16). The van der Waals surface area contributed by atoms with Gasteiger partial charge in [0.05, 0.1) is 6.42 Å². The van der Waals surface area contributed by atoms with E-state index in [1.807, 2.05) is 5.59 Å². The molecule has 0 spiro atoms. The van der Waals surface area contributed by atoms with Crippen LogP contribution < -0.4 is 16.7 Å². The highest BCUT2D eigenvalue weighted by Crippen LogP contribution is 2.16. The number of likely N-dealkylation sites (tertiary alicyclic amines) is 1. The van der Waals surface area contributed by atoms with Gasteiger partial charge in [0.1, 0.15) is 0 Å². The van der Waals surface area contributed by atoms with Crippen molar-refractivity contribution < 1.29 is 14.4 Å². The number of nitrogens with one attached hydrogen (secondary N) is 2. The van der Waals surface area contributed by atoms with E-state index in [4.69, 9.17) is 5.84 Å². The molecule has 1 aliphatic rings. The molecule has 7 heteroatoms. The highest BCUT2D eigenvalue weighted by atomic mass is 16.7. The maximum absolute atomic E-state index is 11.1. The molecule has 0 bridgehead atoms. The van der Waals surface area contributed by atoms with E-state index in [0.29, 0.717) is 18.9 Å². The molecule has 4 N–H and O–H groups in total. The lowest BCUT2D eigenvalue weighted by Gasteiger charge is -2.31. The SMILES string of the molecule is CC(=O)NCC1CCN(CCC(=O)ONN)CC1. The molecule has 0 aromatic carbocycles. The fourth-order valence-electron chi connectivity index (χ4n) is 2.07. The molecule has 0 radical (unpaired) electrons. The van der Waals surface area contributed by atoms with Gasteiger partial charge in [0.25, 0.3) is 0 Å². The van der Waals surface area contributed by atoms with E-state index in [-0.39, 0.29) is 11.9 Å². The minimum atomic E-state index is -0.349. The molecule has 0 aromatic heterocycles. The lowest BCUT2D eigenvalue weighted by molar-refractivity contribution is -0.151. The lowest BCUT2D eigenvalue weighted by atomic mass is 9.96. The highest BCUT2D eigenvalue weighted by molar-refractivity contribution is 5.72. The Morgan fingerprint density at radius 2 is 2.06 bits per heavy atom. The van der Waals surface area contributed by atoms with Gasteiger partial charge in [-0.1, -0.05) is 5.59 Å². The van der Waals surface area contributed by atoms with Crippen molar-refractivity contribution in [3.05, 3.63) is 0 Å². The molecule has 1 rings (SSSR count). The van der Waals surface area contributed by atoms with Crippen LogP contribution in [0.5, 0.6) is 0 Å². The van der Waals surface area contributed by atoms with E-state index < -0.39 is 0 Å². The van der Waals surface area contributed by atoms with Crippen LogP contribution in [0.25, 0.3) is 0 Å². The Morgan fingerprint density at radius 1 is 1.39 bits per heavy atom. The van der Waals surface area contributed by atoms with Crippen molar-refractivity contribution in [1.82, 2.24) is 15.8 Å². The molecule has 0 unspecified atom stereocenters. The van der Waals surface area contributed by atoms with Gasteiger partial charge in [-0.2, -0.15) is 0 Å². The summed E-state index contributed by atoms with van der Waals surface area (Å²) in [4.78, 5) is 28.5. The van der Waals surface area contributed by atoms with Gasteiger partial charge in [0.2, 0.25) is 5.91 Å². The average Bonchev–Trinajstić information content (AvgIpc) is 2.35. The van der Waals surface area contributed by atoms with Crippen molar-refractivity contribution in [2.45, 2.75) is 26.2 Å². The lowest BCUT2D eigenvalue weighted by Crippen LogP contribution is -2.39. The zero-order chi connectivity index (χ0) is 13.4. The second kappa shape index (κ2) is 8.02. The van der Waals surface area contributed by atoms with Crippen molar-refractivity contribution >= 4 is 11.9 Å². The van der Waals surface area contributed by atoms with Gasteiger partial charge in [-0.05, 0) is 31.8 Å². The molecule has 18 heavy (non-hydrogen) atoms. The third-order valence-electron chi connectivity index (χ3n) is 3.15. The van der Waals surface area contributed by atoms with E-state index in [1.54, 1.807) is 0 Å². The third-order valence-corrected chi connectivity index (χ3v) is 3.15. The minimum Gasteiger partial charge on any atom is -0.356 e. The molecule has 0 atom stereocenters. The molecule has 1 heterocycles. The minimum absolute atomic E-state index is 0.0226. The van der Waals surface area contributed by atoms with E-state index in [1.165, 1.54) is 6.92 Å². The normalized spacial score (nSPS) is 17.4. The van der Waals surface area contributed by atoms with E-state index in [2.05, 4.69) is 15.1 Å². The maximum atomic E-state index is 11.1. The number of nitrogens with zero attached hydrogens (tertiary/aromatic N) is 1. The summed E-state index contributed by atoms with van der Waals surface area (Å²) in [7, 11) is 0. The second-order valence-corrected chi connectivity index (χ2v) is 4.56. The van der Waals surface area contributed by atoms with Crippen molar-refractivity contribution in [2.75, 3.05) is 26.2 Å². The van der Waals surface area contributed by atoms with Crippen LogP contribution in [0.4, 0.5) is 0 Å². The number of hydrazine groups is 1. The first-order valence-corrected chi connectivity index (χ1v) is 6.24. The van der Waals surface area contributed by atoms with Gasteiger partial charge in [0, 0.05) is 20.0 Å². The van der Waals surface area contributed by atoms with Gasteiger partial charge in [-0.3, -0.25) is 9.59 Å². The van der Waals surface area contributed by atoms with Gasteiger partial charge in [-0.25, -0.2) is 5.84 Å². The molecule has 7 nitrogen and oxygen atoms in total. The summed E-state index contributed by atoms with van der Waals surface area (Å²) >= 11 is 0. The molecular weight excluding hydrogens is 236 g/mol. The topological polar surface area (TPSA) is 96.7 Å². The number of carbonyl (C=O) groups excluding carboxylic acids is 2. The number of carbonyl (C=O) groups is 2. The fourth-order valence-corrected chi connectivity index (χ4v) is 2.07. The van der Waals surface area contributed by atoms with E-state index >= 15 is 0 Å². The number of hydrogen-bond acceptors (Lipinski definition) is 6. The van der Waals surface area contributed by atoms with Crippen molar-refractivity contribution in [3.8, 4) is 0 Å². The van der Waals surface area contributed by atoms with Crippen LogP contribution in [0.15, 0.2) is 0 Å². The van der Waals surface area contributed by atoms with Crippen LogP contribution in [0.3, 0.4) is 0 Å². The van der Waals surface area contributed by atoms with Crippen LogP contribution in [0.1, 0.15) is 26.2 Å². The predicted molar refractivity (Wildman–Crippen MR) is 65.9 cm³/mol.